The van der Waals surface area contributed by atoms with Crippen LogP contribution in [0, 0.1) is 6.92 Å². The molecule has 0 saturated heterocycles. The van der Waals surface area contributed by atoms with Gasteiger partial charge in [-0.2, -0.15) is 0 Å². The zero-order valence-electron chi connectivity index (χ0n) is 22.3. The Hall–Kier alpha value is -3.40. The van der Waals surface area contributed by atoms with E-state index >= 15 is 0 Å². The second-order valence-electron chi connectivity index (χ2n) is 10.4. The van der Waals surface area contributed by atoms with Crippen molar-refractivity contribution < 1.29 is 9.59 Å². The van der Waals surface area contributed by atoms with Crippen LogP contribution in [0.5, 0.6) is 0 Å². The molecule has 1 aliphatic rings. The monoisotopic (exact) mass is 496 g/mol. The number of benzene rings is 3. The number of amides is 2. The van der Waals surface area contributed by atoms with Gasteiger partial charge in [0.25, 0.3) is 0 Å². The molecule has 1 fully saturated rings. The number of hydrogen-bond acceptors (Lipinski definition) is 2. The van der Waals surface area contributed by atoms with Gasteiger partial charge in [-0.25, -0.2) is 0 Å². The van der Waals surface area contributed by atoms with Crippen LogP contribution < -0.4 is 5.32 Å². The number of rotatable bonds is 11. The minimum absolute atomic E-state index is 0.0163. The maximum Gasteiger partial charge on any atom is 0.243 e. The summed E-state index contributed by atoms with van der Waals surface area (Å²) >= 11 is 0. The highest BCUT2D eigenvalue weighted by Gasteiger charge is 2.32. The quantitative estimate of drug-likeness (QED) is 0.344. The molecular formula is C33H40N2O2. The molecule has 0 heterocycles. The normalized spacial score (nSPS) is 14.3. The fourth-order valence-electron chi connectivity index (χ4n) is 5.15. The Morgan fingerprint density at radius 2 is 1.46 bits per heavy atom. The van der Waals surface area contributed by atoms with E-state index in [-0.39, 0.29) is 17.9 Å². The fourth-order valence-corrected chi connectivity index (χ4v) is 5.15. The number of aryl methyl sites for hydroxylation is 3. The molecule has 1 saturated carbocycles. The van der Waals surface area contributed by atoms with Crippen LogP contribution in [-0.4, -0.2) is 28.8 Å². The summed E-state index contributed by atoms with van der Waals surface area (Å²) < 4.78 is 0. The van der Waals surface area contributed by atoms with E-state index in [0.717, 1.165) is 48.8 Å². The third kappa shape index (κ3) is 7.79. The largest absolute Gasteiger partial charge is 0.352 e. The molecule has 0 unspecified atom stereocenters. The zero-order chi connectivity index (χ0) is 26.0. The van der Waals surface area contributed by atoms with Gasteiger partial charge in [0, 0.05) is 25.4 Å². The van der Waals surface area contributed by atoms with Crippen molar-refractivity contribution in [2.75, 3.05) is 0 Å². The highest BCUT2D eigenvalue weighted by Crippen LogP contribution is 2.21. The van der Waals surface area contributed by atoms with Gasteiger partial charge in [0.1, 0.15) is 6.04 Å². The van der Waals surface area contributed by atoms with Crippen molar-refractivity contribution in [2.45, 2.75) is 83.8 Å². The van der Waals surface area contributed by atoms with Crippen LogP contribution in [0.3, 0.4) is 0 Å². The van der Waals surface area contributed by atoms with Gasteiger partial charge in [0.2, 0.25) is 11.8 Å². The molecule has 3 aromatic carbocycles. The SMILES string of the molecule is CCc1ccc(CCC(=O)N(Cc2ccc(C)cc2)[C@@H](Cc2ccccc2)C(=O)NC2CCCC2)cc1. The minimum atomic E-state index is -0.556. The second kappa shape index (κ2) is 13.2. The highest BCUT2D eigenvalue weighted by atomic mass is 16.2. The molecule has 1 N–H and O–H groups in total. The van der Waals surface area contributed by atoms with E-state index in [0.29, 0.717) is 25.8 Å². The van der Waals surface area contributed by atoms with Gasteiger partial charge >= 0.3 is 0 Å². The fraction of sp³-hybridized carbons (Fsp3) is 0.394. The molecule has 0 aromatic heterocycles. The summed E-state index contributed by atoms with van der Waals surface area (Å²) in [6.45, 7) is 4.62. The summed E-state index contributed by atoms with van der Waals surface area (Å²) in [5.41, 5.74) is 5.72. The molecule has 4 nitrogen and oxygen atoms in total. The minimum Gasteiger partial charge on any atom is -0.352 e. The van der Waals surface area contributed by atoms with E-state index in [1.54, 1.807) is 0 Å². The molecule has 2 amide bonds. The van der Waals surface area contributed by atoms with E-state index in [4.69, 9.17) is 0 Å². The van der Waals surface area contributed by atoms with Crippen LogP contribution in [0.15, 0.2) is 78.9 Å². The molecule has 37 heavy (non-hydrogen) atoms. The Morgan fingerprint density at radius 3 is 2.11 bits per heavy atom. The van der Waals surface area contributed by atoms with Gasteiger partial charge in [-0.3, -0.25) is 9.59 Å². The van der Waals surface area contributed by atoms with Crippen molar-refractivity contribution in [3.05, 3.63) is 107 Å². The van der Waals surface area contributed by atoms with Crippen LogP contribution in [-0.2, 0) is 35.4 Å². The number of hydrogen-bond donors (Lipinski definition) is 1. The number of nitrogens with zero attached hydrogens (tertiary/aromatic N) is 1. The lowest BCUT2D eigenvalue weighted by Gasteiger charge is -2.32. The summed E-state index contributed by atoms with van der Waals surface area (Å²) in [4.78, 5) is 29.4. The van der Waals surface area contributed by atoms with Crippen LogP contribution >= 0.6 is 0 Å². The Kier molecular flexibility index (Phi) is 9.53. The van der Waals surface area contributed by atoms with Gasteiger partial charge in [-0.1, -0.05) is 104 Å². The third-order valence-corrected chi connectivity index (χ3v) is 7.50. The predicted molar refractivity (Wildman–Crippen MR) is 150 cm³/mol. The highest BCUT2D eigenvalue weighted by molar-refractivity contribution is 5.88. The van der Waals surface area contributed by atoms with Gasteiger partial charge in [0.15, 0.2) is 0 Å². The molecule has 1 aliphatic carbocycles. The molecule has 0 bridgehead atoms. The molecule has 1 atom stereocenters. The Bertz CT molecular complexity index is 1130. The van der Waals surface area contributed by atoms with Gasteiger partial charge < -0.3 is 10.2 Å². The Balaban J connectivity index is 1.58. The van der Waals surface area contributed by atoms with Crippen LogP contribution in [0.1, 0.15) is 66.8 Å². The maximum atomic E-state index is 13.8. The first-order valence-corrected chi connectivity index (χ1v) is 13.8. The van der Waals surface area contributed by atoms with Crippen molar-refractivity contribution in [1.82, 2.24) is 10.2 Å². The number of carbonyl (C=O) groups is 2. The van der Waals surface area contributed by atoms with Crippen molar-refractivity contribution >= 4 is 11.8 Å². The number of nitrogens with one attached hydrogen (secondary N) is 1. The van der Waals surface area contributed by atoms with E-state index in [1.807, 2.05) is 35.2 Å². The summed E-state index contributed by atoms with van der Waals surface area (Å²) in [6, 6.07) is 26.5. The summed E-state index contributed by atoms with van der Waals surface area (Å²) in [7, 11) is 0. The first-order chi connectivity index (χ1) is 18.0. The zero-order valence-corrected chi connectivity index (χ0v) is 22.3. The summed E-state index contributed by atoms with van der Waals surface area (Å²) in [5, 5.41) is 3.28. The average Bonchev–Trinajstić information content (AvgIpc) is 3.44. The third-order valence-electron chi connectivity index (χ3n) is 7.50. The lowest BCUT2D eigenvalue weighted by molar-refractivity contribution is -0.141. The van der Waals surface area contributed by atoms with Gasteiger partial charge in [-0.05, 0) is 54.9 Å². The van der Waals surface area contributed by atoms with Gasteiger partial charge in [-0.15, -0.1) is 0 Å². The molecule has 0 spiro atoms. The molecule has 194 valence electrons. The number of carbonyl (C=O) groups excluding carboxylic acids is 2. The Labute approximate surface area is 222 Å². The lowest BCUT2D eigenvalue weighted by Crippen LogP contribution is -2.52. The predicted octanol–water partition coefficient (Wildman–Crippen LogP) is 6.19. The van der Waals surface area contributed by atoms with Crippen molar-refractivity contribution in [2.24, 2.45) is 0 Å². The molecule has 3 aromatic rings. The molecule has 4 rings (SSSR count). The van der Waals surface area contributed by atoms with Crippen LogP contribution in [0.25, 0.3) is 0 Å². The Morgan fingerprint density at radius 1 is 0.838 bits per heavy atom. The molecule has 4 heteroatoms. The molecule has 0 radical (unpaired) electrons. The van der Waals surface area contributed by atoms with Crippen molar-refractivity contribution in [3.8, 4) is 0 Å². The van der Waals surface area contributed by atoms with E-state index in [2.05, 4.69) is 67.7 Å². The van der Waals surface area contributed by atoms with E-state index in [1.165, 1.54) is 11.1 Å². The smallest absolute Gasteiger partial charge is 0.243 e. The second-order valence-corrected chi connectivity index (χ2v) is 10.4. The maximum absolute atomic E-state index is 13.8. The molecule has 0 aliphatic heterocycles. The first-order valence-electron chi connectivity index (χ1n) is 13.8. The van der Waals surface area contributed by atoms with Crippen LogP contribution in [0.2, 0.25) is 0 Å². The first kappa shape index (κ1) is 26.7. The summed E-state index contributed by atoms with van der Waals surface area (Å²) in [6.07, 6.45) is 6.87. The van der Waals surface area contributed by atoms with E-state index in [9.17, 15) is 9.59 Å². The van der Waals surface area contributed by atoms with E-state index < -0.39 is 6.04 Å². The molecular weight excluding hydrogens is 456 g/mol. The standard InChI is InChI=1S/C33H40N2O2/c1-3-26-17-19-27(20-18-26)21-22-32(36)35(24-29-15-13-25(2)14-16-29)31(23-28-9-5-4-6-10-28)33(37)34-30-11-7-8-12-30/h4-6,9-10,13-20,30-31H,3,7-8,11-12,21-24H2,1-2H3,(H,34,37)/t31-/m0/s1. The van der Waals surface area contributed by atoms with Gasteiger partial charge in [0.05, 0.1) is 0 Å². The van der Waals surface area contributed by atoms with Crippen LogP contribution in [0.4, 0.5) is 0 Å². The summed E-state index contributed by atoms with van der Waals surface area (Å²) in [5.74, 6) is -0.0221. The van der Waals surface area contributed by atoms with Crippen molar-refractivity contribution in [1.29, 1.82) is 0 Å². The lowest BCUT2D eigenvalue weighted by atomic mass is 10.0. The van der Waals surface area contributed by atoms with Crippen molar-refractivity contribution in [3.63, 3.8) is 0 Å². The topological polar surface area (TPSA) is 49.4 Å². The average molecular weight is 497 g/mol.